The van der Waals surface area contributed by atoms with Crippen molar-refractivity contribution in [3.05, 3.63) is 49.7 Å². The molecule has 0 radical (unpaired) electrons. The van der Waals surface area contributed by atoms with E-state index in [-0.39, 0.29) is 11.4 Å². The average Bonchev–Trinajstić information content (AvgIpc) is 2.35. The molecule has 0 aliphatic heterocycles. The molecule has 1 heterocycles. The van der Waals surface area contributed by atoms with Gasteiger partial charge in [0.1, 0.15) is 11.6 Å². The molecule has 0 saturated carbocycles. The van der Waals surface area contributed by atoms with Crippen LogP contribution in [0, 0.1) is 15.3 Å². The van der Waals surface area contributed by atoms with Gasteiger partial charge in [-0.25, -0.2) is 9.37 Å². The van der Waals surface area contributed by atoms with E-state index in [0.29, 0.717) is 20.9 Å². The van der Waals surface area contributed by atoms with Crippen LogP contribution >= 0.6 is 22.6 Å². The average molecular weight is 372 g/mol. The van der Waals surface area contributed by atoms with Crippen LogP contribution in [0.25, 0.3) is 11.4 Å². The van der Waals surface area contributed by atoms with E-state index in [1.54, 1.807) is 12.1 Å². The lowest BCUT2D eigenvalue weighted by Gasteiger charge is -2.08. The summed E-state index contributed by atoms with van der Waals surface area (Å²) in [4.78, 5) is 19.1. The van der Waals surface area contributed by atoms with Gasteiger partial charge in [-0.05, 0) is 59.2 Å². The molecule has 19 heavy (non-hydrogen) atoms. The molecule has 3 nitrogen and oxygen atoms in total. The van der Waals surface area contributed by atoms with Crippen molar-refractivity contribution in [1.29, 1.82) is 0 Å². The Morgan fingerprint density at radius 2 is 1.95 bits per heavy atom. The summed E-state index contributed by atoms with van der Waals surface area (Å²) in [6.45, 7) is 4.16. The highest BCUT2D eigenvalue weighted by atomic mass is 127. The van der Waals surface area contributed by atoms with Gasteiger partial charge in [0.05, 0.1) is 9.26 Å². The Kier molecular flexibility index (Phi) is 4.34. The van der Waals surface area contributed by atoms with Gasteiger partial charge in [0.2, 0.25) is 0 Å². The number of nitrogens with one attached hydrogen (secondary N) is 1. The lowest BCUT2D eigenvalue weighted by atomic mass is 10.1. The molecule has 0 aliphatic carbocycles. The molecule has 5 heteroatoms. The predicted octanol–water partition coefficient (Wildman–Crippen LogP) is 3.38. The maximum atomic E-state index is 12.9. The highest BCUT2D eigenvalue weighted by Gasteiger charge is 2.11. The summed E-state index contributed by atoms with van der Waals surface area (Å²) in [6, 6.07) is 5.93. The van der Waals surface area contributed by atoms with E-state index in [9.17, 15) is 9.18 Å². The van der Waals surface area contributed by atoms with Crippen LogP contribution in [0.1, 0.15) is 19.5 Å². The van der Waals surface area contributed by atoms with Gasteiger partial charge in [-0.2, -0.15) is 0 Å². The summed E-state index contributed by atoms with van der Waals surface area (Å²) in [5, 5.41) is 0. The monoisotopic (exact) mass is 372 g/mol. The van der Waals surface area contributed by atoms with Crippen LogP contribution in [-0.4, -0.2) is 9.97 Å². The van der Waals surface area contributed by atoms with Crippen LogP contribution in [-0.2, 0) is 6.42 Å². The Morgan fingerprint density at radius 3 is 2.53 bits per heavy atom. The number of H-pyrrole nitrogens is 1. The van der Waals surface area contributed by atoms with E-state index in [1.165, 1.54) is 12.1 Å². The molecule has 100 valence electrons. The fourth-order valence-electron chi connectivity index (χ4n) is 1.77. The summed E-state index contributed by atoms with van der Waals surface area (Å²) in [5.74, 6) is 0.601. The van der Waals surface area contributed by atoms with Crippen molar-refractivity contribution in [1.82, 2.24) is 9.97 Å². The van der Waals surface area contributed by atoms with Gasteiger partial charge in [0.25, 0.3) is 5.56 Å². The molecule has 0 spiro atoms. The molecule has 2 rings (SSSR count). The third-order valence-electron chi connectivity index (χ3n) is 2.65. The maximum absolute atomic E-state index is 12.9. The van der Waals surface area contributed by atoms with Crippen LogP contribution in [0.5, 0.6) is 0 Å². The zero-order valence-corrected chi connectivity index (χ0v) is 12.9. The zero-order valence-electron chi connectivity index (χ0n) is 10.7. The number of aromatic amines is 1. The molecule has 0 atom stereocenters. The smallest absolute Gasteiger partial charge is 0.264 e. The summed E-state index contributed by atoms with van der Waals surface area (Å²) in [5.41, 5.74) is 1.35. The number of nitrogens with zero attached hydrogens (tertiary/aromatic N) is 1. The first kappa shape index (κ1) is 14.2. The number of hydrogen-bond acceptors (Lipinski definition) is 2. The van der Waals surface area contributed by atoms with Gasteiger partial charge in [-0.1, -0.05) is 13.8 Å². The van der Waals surface area contributed by atoms with E-state index in [1.807, 2.05) is 22.6 Å². The topological polar surface area (TPSA) is 45.8 Å². The van der Waals surface area contributed by atoms with Gasteiger partial charge in [0, 0.05) is 5.56 Å². The number of rotatable bonds is 3. The van der Waals surface area contributed by atoms with Gasteiger partial charge < -0.3 is 4.98 Å². The minimum Gasteiger partial charge on any atom is -0.306 e. The largest absolute Gasteiger partial charge is 0.306 e. The van der Waals surface area contributed by atoms with Crippen molar-refractivity contribution >= 4 is 22.6 Å². The first-order valence-electron chi connectivity index (χ1n) is 6.02. The van der Waals surface area contributed by atoms with Crippen LogP contribution < -0.4 is 5.56 Å². The van der Waals surface area contributed by atoms with Gasteiger partial charge in [-0.15, -0.1) is 0 Å². The summed E-state index contributed by atoms with van der Waals surface area (Å²) in [7, 11) is 0. The fourth-order valence-corrected chi connectivity index (χ4v) is 2.25. The minimum absolute atomic E-state index is 0.148. The Labute approximate surface area is 124 Å². The normalized spacial score (nSPS) is 11.0. The quantitative estimate of drug-likeness (QED) is 0.840. The van der Waals surface area contributed by atoms with Crippen LogP contribution in [0.3, 0.4) is 0 Å². The summed E-state index contributed by atoms with van der Waals surface area (Å²) in [6.07, 6.45) is 0.746. The molecule has 1 aromatic carbocycles. The Balaban J connectivity index is 2.50. The molecule has 2 aromatic rings. The zero-order chi connectivity index (χ0) is 14.0. The Morgan fingerprint density at radius 1 is 1.32 bits per heavy atom. The first-order chi connectivity index (χ1) is 8.97. The molecule has 1 N–H and O–H groups in total. The van der Waals surface area contributed by atoms with E-state index in [4.69, 9.17) is 0 Å². The SMILES string of the molecule is CC(C)Cc1nc(-c2ccc(F)cc2)[nH]c(=O)c1I. The number of halogens is 2. The lowest BCUT2D eigenvalue weighted by Crippen LogP contribution is -2.17. The van der Waals surface area contributed by atoms with Crippen molar-refractivity contribution in [2.75, 3.05) is 0 Å². The standard InChI is InChI=1S/C14H14FIN2O/c1-8(2)7-11-12(16)14(19)18-13(17-11)9-3-5-10(15)6-4-9/h3-6,8H,7H2,1-2H3,(H,17,18,19). The van der Waals surface area contributed by atoms with E-state index >= 15 is 0 Å². The number of aromatic nitrogens is 2. The van der Waals surface area contributed by atoms with Gasteiger partial charge in [-0.3, -0.25) is 4.79 Å². The molecule has 0 aliphatic rings. The van der Waals surface area contributed by atoms with E-state index in [2.05, 4.69) is 23.8 Å². The van der Waals surface area contributed by atoms with Crippen molar-refractivity contribution in [2.24, 2.45) is 5.92 Å². The van der Waals surface area contributed by atoms with E-state index < -0.39 is 0 Å². The highest BCUT2D eigenvalue weighted by molar-refractivity contribution is 14.1. The maximum Gasteiger partial charge on any atom is 0.264 e. The molecule has 1 aromatic heterocycles. The molecule has 0 fully saturated rings. The molecule has 0 amide bonds. The number of hydrogen-bond donors (Lipinski definition) is 1. The fraction of sp³-hybridized carbons (Fsp3) is 0.286. The molecule has 0 saturated heterocycles. The van der Waals surface area contributed by atoms with Crippen molar-refractivity contribution in [3.63, 3.8) is 0 Å². The first-order valence-corrected chi connectivity index (χ1v) is 7.10. The second kappa shape index (κ2) is 5.81. The second-order valence-electron chi connectivity index (χ2n) is 4.78. The van der Waals surface area contributed by atoms with Gasteiger partial charge in [0.15, 0.2) is 0 Å². The van der Waals surface area contributed by atoms with Crippen LogP contribution in [0.4, 0.5) is 4.39 Å². The van der Waals surface area contributed by atoms with Gasteiger partial charge >= 0.3 is 0 Å². The highest BCUT2D eigenvalue weighted by Crippen LogP contribution is 2.17. The molecular weight excluding hydrogens is 358 g/mol. The van der Waals surface area contributed by atoms with Crippen molar-refractivity contribution in [2.45, 2.75) is 20.3 Å². The third-order valence-corrected chi connectivity index (χ3v) is 3.76. The van der Waals surface area contributed by atoms with Crippen molar-refractivity contribution in [3.8, 4) is 11.4 Å². The van der Waals surface area contributed by atoms with Crippen LogP contribution in [0.15, 0.2) is 29.1 Å². The van der Waals surface area contributed by atoms with Crippen LogP contribution in [0.2, 0.25) is 0 Å². The summed E-state index contributed by atoms with van der Waals surface area (Å²) >= 11 is 2.01. The van der Waals surface area contributed by atoms with Crippen molar-refractivity contribution < 1.29 is 4.39 Å². The lowest BCUT2D eigenvalue weighted by molar-refractivity contribution is 0.627. The Hall–Kier alpha value is -1.24. The Bertz CT molecular complexity index is 635. The molecule has 0 unspecified atom stereocenters. The second-order valence-corrected chi connectivity index (χ2v) is 5.86. The number of benzene rings is 1. The minimum atomic E-state index is -0.306. The summed E-state index contributed by atoms with van der Waals surface area (Å²) < 4.78 is 13.5. The molecule has 0 bridgehead atoms. The third kappa shape index (κ3) is 3.40. The molecular formula is C14H14FIN2O. The predicted molar refractivity (Wildman–Crippen MR) is 81.5 cm³/mol. The van der Waals surface area contributed by atoms with E-state index in [0.717, 1.165) is 12.1 Å².